The number of aryl methyl sites for hydroxylation is 1. The molecule has 0 fully saturated rings. The highest BCUT2D eigenvalue weighted by Crippen LogP contribution is 2.39. The van der Waals surface area contributed by atoms with E-state index >= 15 is 0 Å². The fourth-order valence-electron chi connectivity index (χ4n) is 3.15. The summed E-state index contributed by atoms with van der Waals surface area (Å²) in [5.74, 6) is 1.47. The van der Waals surface area contributed by atoms with E-state index in [-0.39, 0.29) is 0 Å². The van der Waals surface area contributed by atoms with E-state index in [1.54, 1.807) is 0 Å². The number of thioether (sulfide) groups is 1. The molecule has 86 valence electrons. The Morgan fingerprint density at radius 1 is 1.24 bits per heavy atom. The second-order valence-corrected chi connectivity index (χ2v) is 5.89. The van der Waals surface area contributed by atoms with E-state index in [1.165, 1.54) is 21.5 Å². The Labute approximate surface area is 104 Å². The maximum absolute atomic E-state index is 12.1. The summed E-state index contributed by atoms with van der Waals surface area (Å²) in [5, 5.41) is 1.19. The lowest BCUT2D eigenvalue weighted by Gasteiger charge is -2.18. The monoisotopic (exact) mass is 243 g/mol. The van der Waals surface area contributed by atoms with Crippen LogP contribution in [0.4, 0.5) is 0 Å². The number of Topliss-reactive ketones (excluding diaryl/α,β-unsaturated/α-hetero) is 1. The smallest absolute Gasteiger partial charge is 0.165 e. The number of carbonyl (C=O) groups is 1. The number of ketones is 1. The Balaban J connectivity index is 2.19. The molecule has 1 aliphatic heterocycles. The number of rotatable bonds is 0. The summed E-state index contributed by atoms with van der Waals surface area (Å²) in [6.45, 7) is 1.06. The summed E-state index contributed by atoms with van der Waals surface area (Å²) in [4.78, 5) is 13.5. The average molecular weight is 243 g/mol. The third-order valence-corrected chi connectivity index (χ3v) is 4.85. The third-order valence-electron chi connectivity index (χ3n) is 3.82. The molecule has 0 N–H and O–H groups in total. The molecular weight excluding hydrogens is 230 g/mol. The predicted molar refractivity (Wildman–Crippen MR) is 69.9 cm³/mol. The van der Waals surface area contributed by atoms with Crippen molar-refractivity contribution in [1.82, 2.24) is 4.57 Å². The standard InChI is InChI=1S/C14H13NOS/c16-11-5-2-4-10-13(11)9-3-1-6-12-14(9)15(10)7-8-17-12/h1,3,6H,2,4-5,7-8H2. The molecule has 0 atom stereocenters. The van der Waals surface area contributed by atoms with Gasteiger partial charge in [-0.05, 0) is 18.9 Å². The van der Waals surface area contributed by atoms with Crippen LogP contribution in [-0.2, 0) is 13.0 Å². The fourth-order valence-corrected chi connectivity index (χ4v) is 4.18. The molecule has 2 nitrogen and oxygen atoms in total. The first-order chi connectivity index (χ1) is 8.36. The number of hydrogen-bond acceptors (Lipinski definition) is 2. The normalized spacial score (nSPS) is 18.5. The van der Waals surface area contributed by atoms with Gasteiger partial charge >= 0.3 is 0 Å². The average Bonchev–Trinajstić information content (AvgIpc) is 2.69. The van der Waals surface area contributed by atoms with Gasteiger partial charge in [0.05, 0.1) is 5.52 Å². The SMILES string of the molecule is O=C1CCCc2c1c1cccc3c1n2CCS3. The van der Waals surface area contributed by atoms with Crippen LogP contribution in [0.15, 0.2) is 23.1 Å². The first-order valence-electron chi connectivity index (χ1n) is 6.16. The van der Waals surface area contributed by atoms with Crippen LogP contribution in [0.5, 0.6) is 0 Å². The van der Waals surface area contributed by atoms with Crippen molar-refractivity contribution >= 4 is 28.4 Å². The molecule has 17 heavy (non-hydrogen) atoms. The number of aromatic nitrogens is 1. The van der Waals surface area contributed by atoms with Gasteiger partial charge < -0.3 is 4.57 Å². The number of nitrogens with zero attached hydrogens (tertiary/aromatic N) is 1. The molecule has 0 saturated heterocycles. The van der Waals surface area contributed by atoms with E-state index in [9.17, 15) is 4.79 Å². The van der Waals surface area contributed by atoms with Gasteiger partial charge in [0.25, 0.3) is 0 Å². The highest BCUT2D eigenvalue weighted by Gasteiger charge is 2.28. The number of benzene rings is 1. The van der Waals surface area contributed by atoms with Gasteiger partial charge in [-0.3, -0.25) is 4.79 Å². The van der Waals surface area contributed by atoms with E-state index in [1.807, 2.05) is 11.8 Å². The number of hydrogen-bond donors (Lipinski definition) is 0. The molecule has 1 aromatic carbocycles. The van der Waals surface area contributed by atoms with Crippen LogP contribution in [0.1, 0.15) is 28.9 Å². The van der Waals surface area contributed by atoms with Crippen molar-refractivity contribution in [3.8, 4) is 0 Å². The van der Waals surface area contributed by atoms with Crippen molar-refractivity contribution in [2.75, 3.05) is 5.75 Å². The molecule has 0 saturated carbocycles. The van der Waals surface area contributed by atoms with E-state index in [4.69, 9.17) is 0 Å². The Bertz CT molecular complexity index is 641. The lowest BCUT2D eigenvalue weighted by Crippen LogP contribution is -2.15. The van der Waals surface area contributed by atoms with Crippen molar-refractivity contribution in [3.05, 3.63) is 29.5 Å². The van der Waals surface area contributed by atoms with Crippen LogP contribution >= 0.6 is 11.8 Å². The van der Waals surface area contributed by atoms with Gasteiger partial charge in [-0.25, -0.2) is 0 Å². The van der Waals surface area contributed by atoms with E-state index in [0.29, 0.717) is 5.78 Å². The van der Waals surface area contributed by atoms with Crippen LogP contribution < -0.4 is 0 Å². The van der Waals surface area contributed by atoms with Crippen LogP contribution in [-0.4, -0.2) is 16.1 Å². The van der Waals surface area contributed by atoms with Crippen molar-refractivity contribution < 1.29 is 4.79 Å². The molecule has 1 aromatic heterocycles. The van der Waals surface area contributed by atoms with Crippen molar-refractivity contribution in [2.45, 2.75) is 30.7 Å². The topological polar surface area (TPSA) is 22.0 Å². The zero-order valence-corrected chi connectivity index (χ0v) is 10.3. The summed E-state index contributed by atoms with van der Waals surface area (Å²) in [5.41, 5.74) is 3.63. The molecule has 4 rings (SSSR count). The molecule has 0 bridgehead atoms. The van der Waals surface area contributed by atoms with Gasteiger partial charge in [-0.1, -0.05) is 12.1 Å². The summed E-state index contributed by atoms with van der Waals surface area (Å²) in [6.07, 6.45) is 2.81. The second-order valence-electron chi connectivity index (χ2n) is 4.75. The molecule has 0 unspecified atom stereocenters. The molecule has 2 aliphatic rings. The summed E-state index contributed by atoms with van der Waals surface area (Å²) < 4.78 is 2.40. The Morgan fingerprint density at radius 3 is 3.12 bits per heavy atom. The Hall–Kier alpha value is -1.22. The van der Waals surface area contributed by atoms with Crippen molar-refractivity contribution in [1.29, 1.82) is 0 Å². The maximum Gasteiger partial charge on any atom is 0.165 e. The predicted octanol–water partition coefficient (Wildman–Crippen LogP) is 3.27. The van der Waals surface area contributed by atoms with Crippen molar-refractivity contribution in [2.24, 2.45) is 0 Å². The molecule has 3 heteroatoms. The zero-order chi connectivity index (χ0) is 11.4. The lowest BCUT2D eigenvalue weighted by molar-refractivity contribution is 0.0973. The first kappa shape index (κ1) is 9.77. The highest BCUT2D eigenvalue weighted by atomic mass is 32.2. The minimum Gasteiger partial charge on any atom is -0.342 e. The van der Waals surface area contributed by atoms with Crippen LogP contribution in [0.25, 0.3) is 10.9 Å². The third kappa shape index (κ3) is 1.20. The first-order valence-corrected chi connectivity index (χ1v) is 7.15. The molecular formula is C14H13NOS. The number of carbonyl (C=O) groups excluding carboxylic acids is 1. The highest BCUT2D eigenvalue weighted by molar-refractivity contribution is 7.99. The number of fused-ring (bicyclic) bond motifs is 3. The van der Waals surface area contributed by atoms with Crippen LogP contribution in [0.2, 0.25) is 0 Å². The van der Waals surface area contributed by atoms with Crippen LogP contribution in [0.3, 0.4) is 0 Å². The minimum atomic E-state index is 0.346. The van der Waals surface area contributed by atoms with Crippen molar-refractivity contribution in [3.63, 3.8) is 0 Å². The molecule has 2 heterocycles. The fraction of sp³-hybridized carbons (Fsp3) is 0.357. The minimum absolute atomic E-state index is 0.346. The second kappa shape index (κ2) is 3.39. The quantitative estimate of drug-likeness (QED) is 0.708. The number of para-hydroxylation sites is 1. The molecule has 0 amide bonds. The molecule has 0 radical (unpaired) electrons. The summed E-state index contributed by atoms with van der Waals surface area (Å²) >= 11 is 1.91. The molecule has 0 spiro atoms. The summed E-state index contributed by atoms with van der Waals surface area (Å²) in [6, 6.07) is 6.38. The van der Waals surface area contributed by atoms with Crippen LogP contribution in [0, 0.1) is 0 Å². The largest absolute Gasteiger partial charge is 0.342 e. The lowest BCUT2D eigenvalue weighted by atomic mass is 9.94. The molecule has 2 aromatic rings. The van der Waals surface area contributed by atoms with Gasteiger partial charge in [0.1, 0.15) is 0 Å². The Kier molecular flexibility index (Phi) is 1.95. The van der Waals surface area contributed by atoms with Gasteiger partial charge in [0, 0.05) is 40.3 Å². The molecule has 1 aliphatic carbocycles. The maximum atomic E-state index is 12.1. The zero-order valence-electron chi connectivity index (χ0n) is 9.53. The summed E-state index contributed by atoms with van der Waals surface area (Å²) in [7, 11) is 0. The van der Waals surface area contributed by atoms with Gasteiger partial charge in [0.15, 0.2) is 5.78 Å². The van der Waals surface area contributed by atoms with E-state index in [0.717, 1.165) is 37.1 Å². The van der Waals surface area contributed by atoms with E-state index in [2.05, 4.69) is 22.8 Å². The van der Waals surface area contributed by atoms with Gasteiger partial charge in [-0.2, -0.15) is 0 Å². The van der Waals surface area contributed by atoms with Gasteiger partial charge in [-0.15, -0.1) is 11.8 Å². The van der Waals surface area contributed by atoms with E-state index < -0.39 is 0 Å². The van der Waals surface area contributed by atoms with Gasteiger partial charge in [0.2, 0.25) is 0 Å². The Morgan fingerprint density at radius 2 is 2.18 bits per heavy atom.